The summed E-state index contributed by atoms with van der Waals surface area (Å²) in [6, 6.07) is 21.7. The Morgan fingerprint density at radius 1 is 0.857 bits per heavy atom. The summed E-state index contributed by atoms with van der Waals surface area (Å²) in [5, 5.41) is 9.08. The summed E-state index contributed by atoms with van der Waals surface area (Å²) in [6.45, 7) is 5.98. The van der Waals surface area contributed by atoms with Crippen molar-refractivity contribution < 1.29 is 19.5 Å². The fourth-order valence-corrected chi connectivity index (χ4v) is 4.58. The van der Waals surface area contributed by atoms with Crippen LogP contribution in [0.1, 0.15) is 21.5 Å². The van der Waals surface area contributed by atoms with Crippen molar-refractivity contribution in [1.82, 2.24) is 15.3 Å². The lowest BCUT2D eigenvalue weighted by Crippen LogP contribution is -2.46. The predicted molar refractivity (Wildman–Crippen MR) is 136 cm³/mol. The highest BCUT2D eigenvalue weighted by Gasteiger charge is 2.18. The maximum Gasteiger partial charge on any atom is 0.275 e. The van der Waals surface area contributed by atoms with E-state index in [4.69, 9.17) is 14.7 Å². The lowest BCUT2D eigenvalue weighted by molar-refractivity contribution is 0.0707. The van der Waals surface area contributed by atoms with Gasteiger partial charge in [0.15, 0.2) is 11.5 Å². The molecule has 7 nitrogen and oxygen atoms in total. The first kappa shape index (κ1) is 24.7. The molecular formula is C28H33N3O4. The van der Waals surface area contributed by atoms with Crippen LogP contribution in [0.5, 0.6) is 11.5 Å². The van der Waals surface area contributed by atoms with E-state index in [1.54, 1.807) is 31.8 Å². The number of carbonyl (C=O) groups is 1. The highest BCUT2D eigenvalue weighted by Crippen LogP contribution is 2.28. The molecule has 4 rings (SSSR count). The van der Waals surface area contributed by atoms with Crippen LogP contribution in [0.15, 0.2) is 66.7 Å². The van der Waals surface area contributed by atoms with Gasteiger partial charge in [-0.3, -0.25) is 14.9 Å². The molecule has 2 N–H and O–H groups in total. The Labute approximate surface area is 206 Å². The first-order valence-corrected chi connectivity index (χ1v) is 11.9. The number of nitrogens with zero attached hydrogens (tertiary/aromatic N) is 2. The number of benzene rings is 3. The van der Waals surface area contributed by atoms with Crippen molar-refractivity contribution in [3.63, 3.8) is 0 Å². The molecule has 1 fully saturated rings. The minimum absolute atomic E-state index is 0.454. The standard InChI is InChI=1S/C28H33N3O4/c1-34-26-11-10-21(19-27(26)35-2)12-13-30-14-16-31(17-15-30)20-22-6-5-7-23(18-22)24-8-3-4-9-25(24)28(32)29-33/h3-11,18-19,33H,12-17,20H2,1-2H3,(H,29,32). The second-order valence-electron chi connectivity index (χ2n) is 8.74. The largest absolute Gasteiger partial charge is 0.493 e. The van der Waals surface area contributed by atoms with E-state index >= 15 is 0 Å². The van der Waals surface area contributed by atoms with E-state index in [0.717, 1.165) is 68.3 Å². The number of ether oxygens (including phenoxy) is 2. The lowest BCUT2D eigenvalue weighted by Gasteiger charge is -2.34. The first-order valence-electron chi connectivity index (χ1n) is 11.9. The molecule has 0 atom stereocenters. The van der Waals surface area contributed by atoms with Gasteiger partial charge in [0.1, 0.15) is 0 Å². The summed E-state index contributed by atoms with van der Waals surface area (Å²) in [4.78, 5) is 17.0. The number of rotatable bonds is 9. The van der Waals surface area contributed by atoms with Gasteiger partial charge in [0.2, 0.25) is 0 Å². The van der Waals surface area contributed by atoms with Gasteiger partial charge in [-0.2, -0.15) is 0 Å². The summed E-state index contributed by atoms with van der Waals surface area (Å²) in [7, 11) is 3.32. The van der Waals surface area contributed by atoms with Crippen molar-refractivity contribution >= 4 is 5.91 Å². The van der Waals surface area contributed by atoms with Crippen LogP contribution in [-0.2, 0) is 13.0 Å². The maximum absolute atomic E-state index is 12.1. The van der Waals surface area contributed by atoms with Crippen molar-refractivity contribution in [1.29, 1.82) is 0 Å². The molecule has 1 aliphatic heterocycles. The summed E-state index contributed by atoms with van der Waals surface area (Å²) >= 11 is 0. The molecular weight excluding hydrogens is 442 g/mol. The van der Waals surface area contributed by atoms with Gasteiger partial charge in [0, 0.05) is 44.8 Å². The lowest BCUT2D eigenvalue weighted by atomic mass is 9.97. The molecule has 3 aromatic carbocycles. The van der Waals surface area contributed by atoms with Gasteiger partial charge in [-0.15, -0.1) is 0 Å². The van der Waals surface area contributed by atoms with Crippen LogP contribution >= 0.6 is 0 Å². The number of hydrogen-bond acceptors (Lipinski definition) is 6. The molecule has 7 heteroatoms. The van der Waals surface area contributed by atoms with E-state index in [2.05, 4.69) is 34.1 Å². The first-order chi connectivity index (χ1) is 17.1. The second kappa shape index (κ2) is 11.8. The van der Waals surface area contributed by atoms with Gasteiger partial charge in [0.05, 0.1) is 14.2 Å². The third-order valence-corrected chi connectivity index (χ3v) is 6.55. The molecule has 1 aliphatic rings. The van der Waals surface area contributed by atoms with Crippen LogP contribution in [0.3, 0.4) is 0 Å². The van der Waals surface area contributed by atoms with E-state index in [9.17, 15) is 4.79 Å². The third-order valence-electron chi connectivity index (χ3n) is 6.55. The molecule has 0 radical (unpaired) electrons. The fourth-order valence-electron chi connectivity index (χ4n) is 4.58. The SMILES string of the molecule is COc1ccc(CCN2CCN(Cc3cccc(-c4ccccc4C(=O)NO)c3)CC2)cc1OC. The molecule has 1 amide bonds. The highest BCUT2D eigenvalue weighted by atomic mass is 16.5. The highest BCUT2D eigenvalue weighted by molar-refractivity contribution is 6.00. The monoisotopic (exact) mass is 475 g/mol. The predicted octanol–water partition coefficient (Wildman–Crippen LogP) is 3.85. The summed E-state index contributed by atoms with van der Waals surface area (Å²) in [5.41, 5.74) is 6.43. The molecule has 0 spiro atoms. The molecule has 0 saturated carbocycles. The molecule has 35 heavy (non-hydrogen) atoms. The molecule has 0 unspecified atom stereocenters. The second-order valence-corrected chi connectivity index (χ2v) is 8.74. The van der Waals surface area contributed by atoms with Gasteiger partial charge in [-0.05, 0) is 52.9 Å². The Balaban J connectivity index is 1.32. The number of amides is 1. The topological polar surface area (TPSA) is 74.3 Å². The molecule has 3 aromatic rings. The normalized spacial score (nSPS) is 14.5. The zero-order valence-electron chi connectivity index (χ0n) is 20.4. The number of hydrogen-bond donors (Lipinski definition) is 2. The molecule has 0 bridgehead atoms. The van der Waals surface area contributed by atoms with E-state index in [1.807, 2.05) is 30.3 Å². The van der Waals surface area contributed by atoms with Crippen LogP contribution in [-0.4, -0.2) is 67.9 Å². The van der Waals surface area contributed by atoms with Crippen molar-refractivity contribution in [3.8, 4) is 22.6 Å². The Hall–Kier alpha value is -3.39. The number of carbonyl (C=O) groups excluding carboxylic acids is 1. The van der Waals surface area contributed by atoms with Crippen LogP contribution in [0.2, 0.25) is 0 Å². The number of methoxy groups -OCH3 is 2. The van der Waals surface area contributed by atoms with E-state index in [-0.39, 0.29) is 0 Å². The molecule has 1 saturated heterocycles. The van der Waals surface area contributed by atoms with E-state index in [1.165, 1.54) is 11.1 Å². The quantitative estimate of drug-likeness (QED) is 0.362. The third kappa shape index (κ3) is 6.19. The van der Waals surface area contributed by atoms with Crippen molar-refractivity contribution in [2.24, 2.45) is 0 Å². The summed E-state index contributed by atoms with van der Waals surface area (Å²) < 4.78 is 10.8. The molecule has 0 aliphatic carbocycles. The molecule has 184 valence electrons. The summed E-state index contributed by atoms with van der Waals surface area (Å²) in [6.07, 6.45) is 0.975. The van der Waals surface area contributed by atoms with Gasteiger partial charge in [-0.25, -0.2) is 5.48 Å². The average Bonchev–Trinajstić information content (AvgIpc) is 2.92. The van der Waals surface area contributed by atoms with Crippen LogP contribution in [0.25, 0.3) is 11.1 Å². The van der Waals surface area contributed by atoms with Crippen molar-refractivity contribution in [3.05, 3.63) is 83.4 Å². The minimum atomic E-state index is -0.504. The smallest absolute Gasteiger partial charge is 0.275 e. The van der Waals surface area contributed by atoms with E-state index < -0.39 is 5.91 Å². The Kier molecular flexibility index (Phi) is 8.36. The van der Waals surface area contributed by atoms with Gasteiger partial charge in [-0.1, -0.05) is 42.5 Å². The number of hydroxylamine groups is 1. The Morgan fingerprint density at radius 2 is 1.60 bits per heavy atom. The van der Waals surface area contributed by atoms with Crippen molar-refractivity contribution in [2.45, 2.75) is 13.0 Å². The maximum atomic E-state index is 12.1. The summed E-state index contributed by atoms with van der Waals surface area (Å²) in [5.74, 6) is 1.03. The zero-order chi connectivity index (χ0) is 24.6. The fraction of sp³-hybridized carbons (Fsp3) is 0.321. The van der Waals surface area contributed by atoms with Crippen LogP contribution in [0.4, 0.5) is 0 Å². The zero-order valence-corrected chi connectivity index (χ0v) is 20.4. The Bertz CT molecular complexity index is 1140. The van der Waals surface area contributed by atoms with Crippen LogP contribution in [0, 0.1) is 0 Å². The average molecular weight is 476 g/mol. The molecule has 1 heterocycles. The Morgan fingerprint density at radius 3 is 2.34 bits per heavy atom. The molecule has 0 aromatic heterocycles. The number of piperazine rings is 1. The van der Waals surface area contributed by atoms with E-state index in [0.29, 0.717) is 5.56 Å². The minimum Gasteiger partial charge on any atom is -0.493 e. The van der Waals surface area contributed by atoms with Crippen LogP contribution < -0.4 is 15.0 Å². The van der Waals surface area contributed by atoms with Gasteiger partial charge >= 0.3 is 0 Å². The number of nitrogens with one attached hydrogen (secondary N) is 1. The van der Waals surface area contributed by atoms with Gasteiger partial charge < -0.3 is 14.4 Å². The van der Waals surface area contributed by atoms with Gasteiger partial charge in [0.25, 0.3) is 5.91 Å². The van der Waals surface area contributed by atoms with Crippen molar-refractivity contribution in [2.75, 3.05) is 46.9 Å².